The largest absolute Gasteiger partial charge is 0.336 e. The Labute approximate surface area is 260 Å². The maximum atomic E-state index is 14.2. The number of imidazole rings is 1. The first-order valence-electron chi connectivity index (χ1n) is 12.9. The summed E-state index contributed by atoms with van der Waals surface area (Å²) in [6, 6.07) is 12.2. The Balaban J connectivity index is 1.38. The number of H-pyrrole nitrogens is 1. The van der Waals surface area contributed by atoms with Gasteiger partial charge in [-0.1, -0.05) is 51.3 Å². The molecular weight excluding hydrogens is 669 g/mol. The fourth-order valence-corrected chi connectivity index (χ4v) is 7.81. The number of sulfonamides is 1. The molecule has 0 saturated carbocycles. The van der Waals surface area contributed by atoms with E-state index in [4.69, 9.17) is 23.2 Å². The summed E-state index contributed by atoms with van der Waals surface area (Å²) in [4.78, 5) is 34.4. The van der Waals surface area contributed by atoms with E-state index in [0.29, 0.717) is 21.3 Å². The highest BCUT2D eigenvalue weighted by atomic mass is 79.9. The molecule has 0 spiro atoms. The van der Waals surface area contributed by atoms with Crippen molar-refractivity contribution in [2.45, 2.75) is 23.9 Å². The second-order valence-electron chi connectivity index (χ2n) is 10.3. The summed E-state index contributed by atoms with van der Waals surface area (Å²) in [7, 11) is -4.12. The number of nitrogens with zero attached hydrogens (tertiary/aromatic N) is 6. The van der Waals surface area contributed by atoms with Crippen molar-refractivity contribution in [3.63, 3.8) is 0 Å². The van der Waals surface area contributed by atoms with E-state index in [1.807, 2.05) is 24.3 Å². The molecule has 4 aromatic rings. The highest BCUT2D eigenvalue weighted by Crippen LogP contribution is 2.45. The SMILES string of the molecule is C[C@@]1(Cc2ccc(Br)cc2)C(=O)N(c2cc(Cl)cc(Cl)c2)c2ncc(S(=O)(=O)N3CCN(C(=O)c4cn[nH]c4)CC3)n21. The molecule has 0 radical (unpaired) electrons. The highest BCUT2D eigenvalue weighted by molar-refractivity contribution is 9.10. The Morgan fingerprint density at radius 3 is 2.33 bits per heavy atom. The van der Waals surface area contributed by atoms with Crippen LogP contribution in [0, 0.1) is 0 Å². The Morgan fingerprint density at radius 1 is 1.05 bits per heavy atom. The molecule has 42 heavy (non-hydrogen) atoms. The van der Waals surface area contributed by atoms with Crippen molar-refractivity contribution < 1.29 is 18.0 Å². The van der Waals surface area contributed by atoms with Gasteiger partial charge in [0.1, 0.15) is 5.54 Å². The van der Waals surface area contributed by atoms with Crippen molar-refractivity contribution in [3.05, 3.63) is 86.7 Å². The van der Waals surface area contributed by atoms with Crippen molar-refractivity contribution in [3.8, 4) is 0 Å². The van der Waals surface area contributed by atoms with E-state index < -0.39 is 15.6 Å². The first-order chi connectivity index (χ1) is 20.0. The van der Waals surface area contributed by atoms with Gasteiger partial charge in [-0.2, -0.15) is 9.40 Å². The van der Waals surface area contributed by atoms with E-state index in [1.54, 1.807) is 30.0 Å². The van der Waals surface area contributed by atoms with E-state index in [2.05, 4.69) is 31.1 Å². The summed E-state index contributed by atoms with van der Waals surface area (Å²) in [5.41, 5.74) is 0.257. The molecule has 2 aliphatic rings. The number of nitrogens with one attached hydrogen (secondary N) is 1. The summed E-state index contributed by atoms with van der Waals surface area (Å²) in [6.45, 7) is 2.27. The van der Waals surface area contributed by atoms with Gasteiger partial charge in [-0.05, 0) is 42.8 Å². The smallest absolute Gasteiger partial charge is 0.260 e. The molecule has 1 fully saturated rings. The Morgan fingerprint density at radius 2 is 1.71 bits per heavy atom. The number of aromatic amines is 1. The van der Waals surface area contributed by atoms with Gasteiger partial charge in [0, 0.05) is 53.3 Å². The van der Waals surface area contributed by atoms with Crippen LogP contribution in [0.3, 0.4) is 0 Å². The molecule has 2 amide bonds. The zero-order chi connectivity index (χ0) is 29.8. The standard InChI is InChI=1S/C27H24BrCl2N7O4S/c1-27(13-17-2-4-19(28)5-3-17)25(39)36(22-11-20(29)10-21(30)12-22)26-31-16-23(37(26)27)42(40,41)35-8-6-34(7-9-35)24(38)18-14-32-33-15-18/h2-5,10-12,14-16H,6-9,13H2,1H3,(H,32,33)/t27-/m1/s1. The topological polar surface area (TPSA) is 124 Å². The number of fused-ring (bicyclic) bond motifs is 1. The van der Waals surface area contributed by atoms with Crippen molar-refractivity contribution in [1.29, 1.82) is 0 Å². The summed E-state index contributed by atoms with van der Waals surface area (Å²) >= 11 is 16.0. The van der Waals surface area contributed by atoms with Gasteiger partial charge in [-0.15, -0.1) is 0 Å². The monoisotopic (exact) mass is 691 g/mol. The lowest BCUT2D eigenvalue weighted by Gasteiger charge is -2.34. The Bertz CT molecular complexity index is 1770. The zero-order valence-electron chi connectivity index (χ0n) is 22.2. The molecule has 11 nitrogen and oxygen atoms in total. The minimum absolute atomic E-state index is 0.0808. The third kappa shape index (κ3) is 4.92. The molecule has 0 bridgehead atoms. The number of amides is 2. The average Bonchev–Trinajstić information content (AvgIpc) is 3.69. The van der Waals surface area contributed by atoms with Crippen molar-refractivity contribution in [2.24, 2.45) is 0 Å². The van der Waals surface area contributed by atoms with Crippen molar-refractivity contribution in [1.82, 2.24) is 29.0 Å². The van der Waals surface area contributed by atoms with Gasteiger partial charge in [-0.3, -0.25) is 19.3 Å². The van der Waals surface area contributed by atoms with Crippen LogP contribution in [0.2, 0.25) is 10.0 Å². The van der Waals surface area contributed by atoms with Gasteiger partial charge in [0.2, 0.25) is 5.95 Å². The van der Waals surface area contributed by atoms with Gasteiger partial charge in [0.25, 0.3) is 21.8 Å². The number of halogens is 3. The van der Waals surface area contributed by atoms with Crippen LogP contribution in [0.1, 0.15) is 22.8 Å². The molecule has 1 atom stereocenters. The summed E-state index contributed by atoms with van der Waals surface area (Å²) in [5.74, 6) is -0.460. The average molecular weight is 693 g/mol. The third-order valence-corrected chi connectivity index (χ3v) is 10.3. The van der Waals surface area contributed by atoms with Crippen LogP contribution in [0.4, 0.5) is 11.6 Å². The normalized spacial score (nSPS) is 19.4. The second-order valence-corrected chi connectivity index (χ2v) is 13.9. The van der Waals surface area contributed by atoms with Gasteiger partial charge in [0.15, 0.2) is 5.03 Å². The molecule has 15 heteroatoms. The molecule has 0 unspecified atom stereocenters. The highest BCUT2D eigenvalue weighted by Gasteiger charge is 2.52. The van der Waals surface area contributed by atoms with E-state index >= 15 is 0 Å². The summed E-state index contributed by atoms with van der Waals surface area (Å²) in [5, 5.41) is 6.95. The lowest BCUT2D eigenvalue weighted by molar-refractivity contribution is -0.124. The van der Waals surface area contributed by atoms with Gasteiger partial charge >= 0.3 is 0 Å². The number of benzene rings is 2. The molecule has 2 aromatic carbocycles. The molecule has 1 saturated heterocycles. The van der Waals surface area contributed by atoms with Gasteiger partial charge in [-0.25, -0.2) is 18.3 Å². The number of anilines is 2. The maximum Gasteiger partial charge on any atom is 0.260 e. The number of carbonyl (C=O) groups is 2. The minimum Gasteiger partial charge on any atom is -0.336 e. The molecule has 0 aliphatic carbocycles. The van der Waals surface area contributed by atoms with E-state index in [-0.39, 0.29) is 55.4 Å². The third-order valence-electron chi connectivity index (χ3n) is 7.51. The predicted octanol–water partition coefficient (Wildman–Crippen LogP) is 4.46. The predicted molar refractivity (Wildman–Crippen MR) is 161 cm³/mol. The number of hydrogen-bond acceptors (Lipinski definition) is 6. The summed E-state index contributed by atoms with van der Waals surface area (Å²) in [6.07, 6.45) is 4.41. The Kier molecular flexibility index (Phi) is 7.42. The van der Waals surface area contributed by atoms with E-state index in [0.717, 1.165) is 10.0 Å². The van der Waals surface area contributed by atoms with Crippen LogP contribution in [0.5, 0.6) is 0 Å². The second kappa shape index (κ2) is 10.8. The molecule has 4 heterocycles. The number of carbonyl (C=O) groups excluding carboxylic acids is 2. The maximum absolute atomic E-state index is 14.2. The van der Waals surface area contributed by atoms with Crippen LogP contribution in [0.15, 0.2) is 70.6 Å². The fraction of sp³-hybridized carbons (Fsp3) is 0.259. The Hall–Kier alpha value is -3.23. The minimum atomic E-state index is -4.12. The number of hydrogen-bond donors (Lipinski definition) is 1. The van der Waals surface area contributed by atoms with Gasteiger partial charge < -0.3 is 4.90 Å². The van der Waals surface area contributed by atoms with Crippen molar-refractivity contribution in [2.75, 3.05) is 31.1 Å². The number of rotatable bonds is 6. The fourth-order valence-electron chi connectivity index (χ4n) is 5.43. The van der Waals surface area contributed by atoms with E-state index in [1.165, 1.54) is 32.4 Å². The molecular formula is C27H24BrCl2N7O4S. The molecule has 2 aliphatic heterocycles. The van der Waals surface area contributed by atoms with Crippen molar-refractivity contribution >= 4 is 72.6 Å². The molecule has 1 N–H and O–H groups in total. The van der Waals surface area contributed by atoms with E-state index in [9.17, 15) is 18.0 Å². The van der Waals surface area contributed by atoms with Gasteiger partial charge in [0.05, 0.1) is 23.6 Å². The molecule has 6 rings (SSSR count). The lowest BCUT2D eigenvalue weighted by Crippen LogP contribution is -2.51. The van der Waals surface area contributed by atoms with Crippen LogP contribution in [-0.2, 0) is 26.8 Å². The lowest BCUT2D eigenvalue weighted by atomic mass is 9.92. The number of aromatic nitrogens is 4. The molecule has 2 aromatic heterocycles. The quantitative estimate of drug-likeness (QED) is 0.318. The molecule has 218 valence electrons. The van der Waals surface area contributed by atoms with Crippen LogP contribution in [0.25, 0.3) is 0 Å². The first kappa shape index (κ1) is 28.9. The zero-order valence-corrected chi connectivity index (χ0v) is 26.1. The first-order valence-corrected chi connectivity index (χ1v) is 15.9. The van der Waals surface area contributed by atoms with Crippen LogP contribution < -0.4 is 4.90 Å². The van der Waals surface area contributed by atoms with Crippen LogP contribution >= 0.6 is 39.1 Å². The summed E-state index contributed by atoms with van der Waals surface area (Å²) < 4.78 is 31.9. The number of piperazine rings is 1. The van der Waals surface area contributed by atoms with Crippen LogP contribution in [-0.4, -0.2) is 75.4 Å².